The van der Waals surface area contributed by atoms with Crippen LogP contribution in [-0.4, -0.2) is 10.8 Å². The molecule has 2 rings (SSSR count). The van der Waals surface area contributed by atoms with Crippen LogP contribution in [0.3, 0.4) is 0 Å². The van der Waals surface area contributed by atoms with Gasteiger partial charge in [0, 0.05) is 18.0 Å². The lowest BCUT2D eigenvalue weighted by Crippen LogP contribution is -1.96. The molecule has 1 aromatic carbocycles. The fourth-order valence-corrected chi connectivity index (χ4v) is 1.65. The van der Waals surface area contributed by atoms with Gasteiger partial charge >= 0.3 is 0 Å². The maximum atomic E-state index is 11.0. The molecule has 0 aliphatic rings. The highest BCUT2D eigenvalue weighted by molar-refractivity contribution is 5.85. The molecular formula is C13H12NO. The molecule has 15 heavy (non-hydrogen) atoms. The summed E-state index contributed by atoms with van der Waals surface area (Å²) in [4.78, 5) is 15.2. The van der Waals surface area contributed by atoms with Crippen molar-refractivity contribution in [3.05, 3.63) is 48.5 Å². The highest BCUT2D eigenvalue weighted by Gasteiger charge is 2.02. The molecule has 1 radical (unpaired) electrons. The second-order valence-electron chi connectivity index (χ2n) is 3.70. The molecule has 0 saturated heterocycles. The number of pyridine rings is 1. The van der Waals surface area contributed by atoms with Gasteiger partial charge in [-0.15, -0.1) is 0 Å². The molecule has 0 spiro atoms. The van der Waals surface area contributed by atoms with E-state index in [0.717, 1.165) is 22.0 Å². The number of nitrogens with zero attached hydrogens (tertiary/aromatic N) is 1. The predicted octanol–water partition coefficient (Wildman–Crippen LogP) is 2.55. The fraction of sp³-hybridized carbons (Fsp3) is 0.154. The van der Waals surface area contributed by atoms with Crippen molar-refractivity contribution in [3.8, 4) is 0 Å². The monoisotopic (exact) mass is 198 g/mol. The number of hydrogen-bond donors (Lipinski definition) is 0. The first-order valence-electron chi connectivity index (χ1n) is 4.86. The van der Waals surface area contributed by atoms with Crippen LogP contribution in [0.1, 0.15) is 18.1 Å². The van der Waals surface area contributed by atoms with Crippen molar-refractivity contribution in [1.29, 1.82) is 0 Å². The highest BCUT2D eigenvalue weighted by atomic mass is 16.1. The van der Waals surface area contributed by atoms with Crippen LogP contribution >= 0.6 is 0 Å². The Bertz CT molecular complexity index is 517. The Labute approximate surface area is 89.0 Å². The number of rotatable bonds is 2. The molecule has 0 saturated carbocycles. The lowest BCUT2D eigenvalue weighted by molar-refractivity contribution is -0.116. The average molecular weight is 198 g/mol. The SMILES string of the molecule is [CH2]c1ccnc2ccc(CC(C)=O)cc12. The molecule has 0 fully saturated rings. The third-order valence-electron chi connectivity index (χ3n) is 2.35. The van der Waals surface area contributed by atoms with Crippen molar-refractivity contribution in [2.45, 2.75) is 13.3 Å². The van der Waals surface area contributed by atoms with E-state index in [4.69, 9.17) is 0 Å². The van der Waals surface area contributed by atoms with Crippen molar-refractivity contribution < 1.29 is 4.79 Å². The molecule has 0 N–H and O–H groups in total. The summed E-state index contributed by atoms with van der Waals surface area (Å²) in [6.07, 6.45) is 2.22. The zero-order chi connectivity index (χ0) is 10.8. The number of ketones is 1. The van der Waals surface area contributed by atoms with Crippen LogP contribution in [0, 0.1) is 6.92 Å². The van der Waals surface area contributed by atoms with Crippen molar-refractivity contribution in [2.24, 2.45) is 0 Å². The zero-order valence-electron chi connectivity index (χ0n) is 8.66. The standard InChI is InChI=1S/C13H12NO/c1-9-5-6-14-13-4-3-11(7-10(2)15)8-12(9)13/h3-6,8H,1,7H2,2H3. The third-order valence-corrected chi connectivity index (χ3v) is 2.35. The Morgan fingerprint density at radius 1 is 1.40 bits per heavy atom. The van der Waals surface area contributed by atoms with Crippen LogP contribution in [0.2, 0.25) is 0 Å². The molecule has 0 atom stereocenters. The largest absolute Gasteiger partial charge is 0.300 e. The molecule has 1 heterocycles. The summed E-state index contributed by atoms with van der Waals surface area (Å²) in [6.45, 7) is 5.54. The van der Waals surface area contributed by atoms with Crippen molar-refractivity contribution in [1.82, 2.24) is 4.98 Å². The predicted molar refractivity (Wildman–Crippen MR) is 60.6 cm³/mol. The minimum atomic E-state index is 0.170. The molecule has 0 aliphatic heterocycles. The van der Waals surface area contributed by atoms with Gasteiger partial charge in [-0.25, -0.2) is 0 Å². The van der Waals surface area contributed by atoms with Crippen LogP contribution in [0.15, 0.2) is 30.5 Å². The molecule has 2 aromatic rings. The minimum absolute atomic E-state index is 0.170. The summed E-state index contributed by atoms with van der Waals surface area (Å²) in [6, 6.07) is 7.74. The van der Waals surface area contributed by atoms with E-state index < -0.39 is 0 Å². The molecule has 0 unspecified atom stereocenters. The first-order chi connectivity index (χ1) is 7.16. The van der Waals surface area contributed by atoms with E-state index in [9.17, 15) is 4.79 Å². The van der Waals surface area contributed by atoms with Crippen molar-refractivity contribution in [2.75, 3.05) is 0 Å². The molecule has 2 nitrogen and oxygen atoms in total. The third kappa shape index (κ3) is 2.04. The Balaban J connectivity index is 2.54. The molecule has 0 bridgehead atoms. The maximum absolute atomic E-state index is 11.0. The molecule has 2 heteroatoms. The van der Waals surface area contributed by atoms with E-state index in [1.54, 1.807) is 13.1 Å². The minimum Gasteiger partial charge on any atom is -0.300 e. The zero-order valence-corrected chi connectivity index (χ0v) is 8.66. The summed E-state index contributed by atoms with van der Waals surface area (Å²) < 4.78 is 0. The number of carbonyl (C=O) groups excluding carboxylic acids is 1. The van der Waals surface area contributed by atoms with E-state index in [0.29, 0.717) is 6.42 Å². The second kappa shape index (κ2) is 3.81. The summed E-state index contributed by atoms with van der Waals surface area (Å²) in [5.41, 5.74) is 2.90. The van der Waals surface area contributed by atoms with Gasteiger partial charge in [0.15, 0.2) is 0 Å². The number of carbonyl (C=O) groups is 1. The van der Waals surface area contributed by atoms with Crippen molar-refractivity contribution in [3.63, 3.8) is 0 Å². The number of aromatic nitrogens is 1. The van der Waals surface area contributed by atoms with Gasteiger partial charge in [0.1, 0.15) is 5.78 Å². The molecule has 0 amide bonds. The van der Waals surface area contributed by atoms with E-state index in [-0.39, 0.29) is 5.78 Å². The van der Waals surface area contributed by atoms with Crippen LogP contribution < -0.4 is 0 Å². The van der Waals surface area contributed by atoms with E-state index in [1.165, 1.54) is 0 Å². The maximum Gasteiger partial charge on any atom is 0.134 e. The Kier molecular flexibility index (Phi) is 2.50. The van der Waals surface area contributed by atoms with Crippen molar-refractivity contribution >= 4 is 16.7 Å². The number of hydrogen-bond acceptors (Lipinski definition) is 2. The lowest BCUT2D eigenvalue weighted by Gasteiger charge is -2.03. The van der Waals surface area contributed by atoms with Gasteiger partial charge in [0.05, 0.1) is 5.52 Å². The summed E-state index contributed by atoms with van der Waals surface area (Å²) >= 11 is 0. The van der Waals surface area contributed by atoms with Gasteiger partial charge in [-0.3, -0.25) is 9.78 Å². The van der Waals surface area contributed by atoms with Crippen LogP contribution in [0.25, 0.3) is 10.9 Å². The average Bonchev–Trinajstić information content (AvgIpc) is 2.18. The van der Waals surface area contributed by atoms with E-state index in [1.807, 2.05) is 24.3 Å². The number of Topliss-reactive ketones (excluding diaryl/α,β-unsaturated/α-hetero) is 1. The van der Waals surface area contributed by atoms with Gasteiger partial charge in [-0.05, 0) is 43.2 Å². The molecule has 0 aliphatic carbocycles. The Morgan fingerprint density at radius 2 is 2.20 bits per heavy atom. The fourth-order valence-electron chi connectivity index (χ4n) is 1.65. The van der Waals surface area contributed by atoms with Crippen LogP contribution in [0.5, 0.6) is 0 Å². The quantitative estimate of drug-likeness (QED) is 0.742. The first kappa shape index (κ1) is 9.84. The second-order valence-corrected chi connectivity index (χ2v) is 3.70. The van der Waals surface area contributed by atoms with E-state index in [2.05, 4.69) is 11.9 Å². The van der Waals surface area contributed by atoms with E-state index >= 15 is 0 Å². The normalized spacial score (nSPS) is 10.5. The molecular weight excluding hydrogens is 186 g/mol. The molecule has 1 aromatic heterocycles. The lowest BCUT2D eigenvalue weighted by atomic mass is 10.0. The topological polar surface area (TPSA) is 30.0 Å². The van der Waals surface area contributed by atoms with Crippen LogP contribution in [0.4, 0.5) is 0 Å². The van der Waals surface area contributed by atoms with Crippen LogP contribution in [-0.2, 0) is 11.2 Å². The number of benzene rings is 1. The summed E-state index contributed by atoms with van der Waals surface area (Å²) in [5.74, 6) is 0.170. The molecule has 75 valence electrons. The smallest absolute Gasteiger partial charge is 0.134 e. The van der Waals surface area contributed by atoms with Gasteiger partial charge in [0.25, 0.3) is 0 Å². The Morgan fingerprint density at radius 3 is 2.93 bits per heavy atom. The highest BCUT2D eigenvalue weighted by Crippen LogP contribution is 2.17. The van der Waals surface area contributed by atoms with Gasteiger partial charge in [-0.1, -0.05) is 6.07 Å². The first-order valence-corrected chi connectivity index (χ1v) is 4.86. The summed E-state index contributed by atoms with van der Waals surface area (Å²) in [7, 11) is 0. The van der Waals surface area contributed by atoms with Gasteiger partial charge < -0.3 is 0 Å². The van der Waals surface area contributed by atoms with Gasteiger partial charge in [-0.2, -0.15) is 0 Å². The number of fused-ring (bicyclic) bond motifs is 1. The Hall–Kier alpha value is -1.70. The van der Waals surface area contributed by atoms with Gasteiger partial charge in [0.2, 0.25) is 0 Å². The summed E-state index contributed by atoms with van der Waals surface area (Å²) in [5, 5.41) is 1.02.